The molecule has 0 aliphatic carbocycles. The summed E-state index contributed by atoms with van der Waals surface area (Å²) < 4.78 is 0. The number of likely N-dealkylation sites (tertiary alicyclic amines) is 1. The normalized spacial score (nSPS) is 17.4. The zero-order chi connectivity index (χ0) is 10.8. The quantitative estimate of drug-likeness (QED) is 0.586. The molecule has 0 spiro atoms. The van der Waals surface area contributed by atoms with Gasteiger partial charge < -0.3 is 5.73 Å². The van der Waals surface area contributed by atoms with Gasteiger partial charge >= 0.3 is 0 Å². The van der Waals surface area contributed by atoms with Crippen molar-refractivity contribution in [3.63, 3.8) is 0 Å². The molecular formula is C10H13N3O2. The summed E-state index contributed by atoms with van der Waals surface area (Å²) in [6, 6.07) is 7.00. The Morgan fingerprint density at radius 3 is 2.87 bits per heavy atom. The van der Waals surface area contributed by atoms with Gasteiger partial charge in [0, 0.05) is 37.8 Å². The molecule has 0 atom stereocenters. The van der Waals surface area contributed by atoms with Crippen molar-refractivity contribution in [2.45, 2.75) is 12.6 Å². The number of hydrogen-bond acceptors (Lipinski definition) is 4. The average molecular weight is 207 g/mol. The van der Waals surface area contributed by atoms with Crippen LogP contribution < -0.4 is 5.73 Å². The van der Waals surface area contributed by atoms with Crippen LogP contribution in [0.2, 0.25) is 0 Å². The molecule has 1 aliphatic rings. The van der Waals surface area contributed by atoms with E-state index in [1.165, 1.54) is 6.07 Å². The maximum Gasteiger partial charge on any atom is 0.269 e. The molecule has 1 aromatic carbocycles. The second kappa shape index (κ2) is 3.96. The lowest BCUT2D eigenvalue weighted by atomic mass is 10.1. The summed E-state index contributed by atoms with van der Waals surface area (Å²) in [6.45, 7) is 2.50. The summed E-state index contributed by atoms with van der Waals surface area (Å²) >= 11 is 0. The van der Waals surface area contributed by atoms with E-state index in [2.05, 4.69) is 4.90 Å². The Kier molecular flexibility index (Phi) is 2.66. The summed E-state index contributed by atoms with van der Waals surface area (Å²) in [4.78, 5) is 12.3. The van der Waals surface area contributed by atoms with Crippen LogP contribution in [0.3, 0.4) is 0 Å². The summed E-state index contributed by atoms with van der Waals surface area (Å²) in [5.41, 5.74) is 6.77. The van der Waals surface area contributed by atoms with Crippen molar-refractivity contribution in [3.05, 3.63) is 39.9 Å². The minimum atomic E-state index is -0.370. The fourth-order valence-corrected chi connectivity index (χ4v) is 1.77. The first kappa shape index (κ1) is 10.1. The van der Waals surface area contributed by atoms with Crippen LogP contribution in [-0.4, -0.2) is 29.0 Å². The molecule has 2 N–H and O–H groups in total. The van der Waals surface area contributed by atoms with E-state index < -0.39 is 0 Å². The molecule has 5 heteroatoms. The minimum Gasteiger partial charge on any atom is -0.325 e. The zero-order valence-corrected chi connectivity index (χ0v) is 8.30. The number of nitrogens with two attached hydrogens (primary N) is 1. The van der Waals surface area contributed by atoms with Crippen molar-refractivity contribution in [3.8, 4) is 0 Å². The predicted molar refractivity (Wildman–Crippen MR) is 56.3 cm³/mol. The van der Waals surface area contributed by atoms with E-state index >= 15 is 0 Å². The molecule has 0 radical (unpaired) electrons. The van der Waals surface area contributed by atoms with Crippen molar-refractivity contribution in [2.24, 2.45) is 5.73 Å². The first-order chi connectivity index (χ1) is 7.15. The third-order valence-corrected chi connectivity index (χ3v) is 2.51. The highest BCUT2D eigenvalue weighted by atomic mass is 16.6. The Bertz CT molecular complexity index is 375. The number of non-ortho nitro benzene ring substituents is 1. The molecule has 80 valence electrons. The molecule has 1 fully saturated rings. The lowest BCUT2D eigenvalue weighted by Gasteiger charge is -2.36. The van der Waals surface area contributed by atoms with Crippen LogP contribution in [0.25, 0.3) is 0 Å². The minimum absolute atomic E-state index is 0.150. The predicted octanol–water partition coefficient (Wildman–Crippen LogP) is 0.738. The fraction of sp³-hybridized carbons (Fsp3) is 0.400. The molecule has 0 bridgehead atoms. The van der Waals surface area contributed by atoms with E-state index in [-0.39, 0.29) is 16.7 Å². The largest absolute Gasteiger partial charge is 0.325 e. The molecule has 1 aliphatic heterocycles. The number of nitrogens with zero attached hydrogens (tertiary/aromatic N) is 2. The van der Waals surface area contributed by atoms with E-state index in [0.29, 0.717) is 0 Å². The third kappa shape index (κ3) is 2.31. The number of nitro groups is 1. The summed E-state index contributed by atoms with van der Waals surface area (Å²) in [5.74, 6) is 0. The Labute approximate surface area is 87.6 Å². The summed E-state index contributed by atoms with van der Waals surface area (Å²) in [6.07, 6.45) is 0. The van der Waals surface area contributed by atoms with E-state index in [0.717, 1.165) is 25.2 Å². The van der Waals surface area contributed by atoms with Crippen molar-refractivity contribution >= 4 is 5.69 Å². The van der Waals surface area contributed by atoms with E-state index in [9.17, 15) is 10.1 Å². The average Bonchev–Trinajstić information content (AvgIpc) is 2.16. The zero-order valence-electron chi connectivity index (χ0n) is 8.30. The molecule has 1 saturated heterocycles. The van der Waals surface area contributed by atoms with Gasteiger partial charge in [-0.05, 0) is 5.56 Å². The first-order valence-electron chi connectivity index (χ1n) is 4.86. The number of rotatable bonds is 3. The van der Waals surface area contributed by atoms with Crippen LogP contribution in [-0.2, 0) is 6.54 Å². The molecule has 0 unspecified atom stereocenters. The maximum atomic E-state index is 10.5. The molecule has 0 aromatic heterocycles. The smallest absolute Gasteiger partial charge is 0.269 e. The van der Waals surface area contributed by atoms with Gasteiger partial charge in [-0.2, -0.15) is 0 Å². The summed E-state index contributed by atoms with van der Waals surface area (Å²) in [7, 11) is 0. The SMILES string of the molecule is NC1CN(Cc2cccc([N+](=O)[O-])c2)C1. The second-order valence-corrected chi connectivity index (χ2v) is 3.88. The highest BCUT2D eigenvalue weighted by Crippen LogP contribution is 2.16. The maximum absolute atomic E-state index is 10.5. The van der Waals surface area contributed by atoms with Gasteiger partial charge in [-0.3, -0.25) is 15.0 Å². The molecule has 5 nitrogen and oxygen atoms in total. The third-order valence-electron chi connectivity index (χ3n) is 2.51. The van der Waals surface area contributed by atoms with Crippen molar-refractivity contribution < 1.29 is 4.92 Å². The topological polar surface area (TPSA) is 72.4 Å². The lowest BCUT2D eigenvalue weighted by molar-refractivity contribution is -0.384. The van der Waals surface area contributed by atoms with Crippen LogP contribution in [0.4, 0.5) is 5.69 Å². The molecule has 0 saturated carbocycles. The van der Waals surface area contributed by atoms with Gasteiger partial charge in [0.25, 0.3) is 5.69 Å². The van der Waals surface area contributed by atoms with Crippen LogP contribution in [0.15, 0.2) is 24.3 Å². The molecule has 1 aromatic rings. The monoisotopic (exact) mass is 207 g/mol. The molecule has 15 heavy (non-hydrogen) atoms. The number of benzene rings is 1. The standard InChI is InChI=1S/C10H13N3O2/c11-9-6-12(7-9)5-8-2-1-3-10(4-8)13(14)15/h1-4,9H,5-7,11H2. The van der Waals surface area contributed by atoms with Crippen LogP contribution in [0.5, 0.6) is 0 Å². The molecule has 2 rings (SSSR count). The Balaban J connectivity index is 2.02. The summed E-state index contributed by atoms with van der Waals surface area (Å²) in [5, 5.41) is 10.5. The van der Waals surface area contributed by atoms with Gasteiger partial charge in [-0.15, -0.1) is 0 Å². The van der Waals surface area contributed by atoms with E-state index in [1.54, 1.807) is 12.1 Å². The lowest BCUT2D eigenvalue weighted by Crippen LogP contribution is -2.54. The Morgan fingerprint density at radius 2 is 2.27 bits per heavy atom. The number of nitro benzene ring substituents is 1. The van der Waals surface area contributed by atoms with Crippen molar-refractivity contribution in [2.75, 3.05) is 13.1 Å². The van der Waals surface area contributed by atoms with Gasteiger partial charge in [0.05, 0.1) is 4.92 Å². The van der Waals surface area contributed by atoms with Crippen molar-refractivity contribution in [1.82, 2.24) is 4.90 Å². The highest BCUT2D eigenvalue weighted by molar-refractivity contribution is 5.34. The van der Waals surface area contributed by atoms with Gasteiger partial charge in [0.2, 0.25) is 0 Å². The second-order valence-electron chi connectivity index (χ2n) is 3.88. The van der Waals surface area contributed by atoms with Gasteiger partial charge in [-0.25, -0.2) is 0 Å². The van der Waals surface area contributed by atoms with Gasteiger partial charge in [0.1, 0.15) is 0 Å². The molecular weight excluding hydrogens is 194 g/mol. The van der Waals surface area contributed by atoms with Gasteiger partial charge in [0.15, 0.2) is 0 Å². The molecule has 1 heterocycles. The van der Waals surface area contributed by atoms with Crippen LogP contribution >= 0.6 is 0 Å². The molecule has 0 amide bonds. The van der Waals surface area contributed by atoms with Crippen molar-refractivity contribution in [1.29, 1.82) is 0 Å². The van der Waals surface area contributed by atoms with Crippen LogP contribution in [0, 0.1) is 10.1 Å². The van der Waals surface area contributed by atoms with Gasteiger partial charge in [-0.1, -0.05) is 12.1 Å². The highest BCUT2D eigenvalue weighted by Gasteiger charge is 2.22. The number of hydrogen-bond donors (Lipinski definition) is 1. The van der Waals surface area contributed by atoms with Crippen LogP contribution in [0.1, 0.15) is 5.56 Å². The van der Waals surface area contributed by atoms with E-state index in [1.807, 2.05) is 6.07 Å². The first-order valence-corrected chi connectivity index (χ1v) is 4.86. The Morgan fingerprint density at radius 1 is 1.53 bits per heavy atom. The van der Waals surface area contributed by atoms with E-state index in [4.69, 9.17) is 5.73 Å². The fourth-order valence-electron chi connectivity index (χ4n) is 1.77. The Hall–Kier alpha value is -1.46.